The van der Waals surface area contributed by atoms with Gasteiger partial charge < -0.3 is 14.7 Å². The molecule has 172 valence electrons. The number of ether oxygens (including phenoxy) is 1. The van der Waals surface area contributed by atoms with Crippen LogP contribution in [-0.2, 0) is 0 Å². The van der Waals surface area contributed by atoms with Crippen molar-refractivity contribution in [2.24, 2.45) is 10.9 Å². The van der Waals surface area contributed by atoms with Crippen molar-refractivity contribution in [3.8, 4) is 17.4 Å². The number of hydrogen-bond acceptors (Lipinski definition) is 5. The first kappa shape index (κ1) is 22.0. The van der Waals surface area contributed by atoms with E-state index in [1.807, 2.05) is 36.4 Å². The van der Waals surface area contributed by atoms with Crippen molar-refractivity contribution in [1.82, 2.24) is 4.98 Å². The molecule has 34 heavy (non-hydrogen) atoms. The SMILES string of the molecule is Cc1cccc(C)c1N1C[C@H](C(C)C)N=C1c1cccc(Oc2ccc3cccc(O)c3n2)c1. The molecule has 3 aromatic carbocycles. The minimum atomic E-state index is 0.140. The molecule has 5 heteroatoms. The van der Waals surface area contributed by atoms with Gasteiger partial charge in [0.1, 0.15) is 22.9 Å². The molecule has 2 heterocycles. The standard InChI is InChI=1S/C29H29N3O2/c1-18(2)24-17-32(28-19(3)8-5-9-20(28)4)29(30-24)22-11-6-12-23(16-22)34-26-15-14-21-10-7-13-25(33)27(21)31-26/h5-16,18,24,33H,17H2,1-4H3/t24-/m1/s1. The lowest BCUT2D eigenvalue weighted by molar-refractivity contribution is 0.460. The molecule has 0 unspecified atom stereocenters. The molecule has 1 N–H and O–H groups in total. The average molecular weight is 452 g/mol. The fraction of sp³-hybridized carbons (Fsp3) is 0.241. The number of aromatic hydroxyl groups is 1. The van der Waals surface area contributed by atoms with E-state index in [1.54, 1.807) is 12.1 Å². The molecule has 0 aliphatic carbocycles. The van der Waals surface area contributed by atoms with Gasteiger partial charge in [-0.1, -0.05) is 56.3 Å². The molecule has 0 spiro atoms. The minimum absolute atomic E-state index is 0.140. The topological polar surface area (TPSA) is 58.0 Å². The fourth-order valence-corrected chi connectivity index (χ4v) is 4.55. The Balaban J connectivity index is 1.51. The third kappa shape index (κ3) is 4.10. The summed E-state index contributed by atoms with van der Waals surface area (Å²) in [5, 5.41) is 11.0. The predicted octanol–water partition coefficient (Wildman–Crippen LogP) is 6.64. The van der Waals surface area contributed by atoms with E-state index in [4.69, 9.17) is 9.73 Å². The van der Waals surface area contributed by atoms with Crippen LogP contribution in [0.2, 0.25) is 0 Å². The number of hydrogen-bond donors (Lipinski definition) is 1. The third-order valence-corrected chi connectivity index (χ3v) is 6.38. The van der Waals surface area contributed by atoms with Crippen LogP contribution in [-0.4, -0.2) is 28.5 Å². The van der Waals surface area contributed by atoms with Gasteiger partial charge in [0, 0.05) is 29.2 Å². The lowest BCUT2D eigenvalue weighted by atomic mass is 10.0. The Bertz CT molecular complexity index is 1370. The number of phenols is 1. The Hall–Kier alpha value is -3.86. The summed E-state index contributed by atoms with van der Waals surface area (Å²) < 4.78 is 6.11. The highest BCUT2D eigenvalue weighted by Crippen LogP contribution is 2.33. The van der Waals surface area contributed by atoms with Crippen LogP contribution >= 0.6 is 0 Å². The van der Waals surface area contributed by atoms with Gasteiger partial charge >= 0.3 is 0 Å². The highest BCUT2D eigenvalue weighted by molar-refractivity contribution is 6.12. The van der Waals surface area contributed by atoms with Crippen LogP contribution in [0.1, 0.15) is 30.5 Å². The van der Waals surface area contributed by atoms with Crippen LogP contribution in [0, 0.1) is 19.8 Å². The first-order chi connectivity index (χ1) is 16.4. The zero-order valence-electron chi connectivity index (χ0n) is 20.0. The van der Waals surface area contributed by atoms with Crippen LogP contribution in [0.3, 0.4) is 0 Å². The van der Waals surface area contributed by atoms with E-state index in [-0.39, 0.29) is 11.8 Å². The Labute approximate surface area is 200 Å². The van der Waals surface area contributed by atoms with Crippen molar-refractivity contribution >= 4 is 22.4 Å². The Morgan fingerprint density at radius 3 is 2.44 bits per heavy atom. The minimum Gasteiger partial charge on any atom is -0.506 e. The zero-order valence-corrected chi connectivity index (χ0v) is 20.0. The summed E-state index contributed by atoms with van der Waals surface area (Å²) in [5.74, 6) is 2.66. The predicted molar refractivity (Wildman–Crippen MR) is 138 cm³/mol. The molecule has 0 saturated carbocycles. The van der Waals surface area contributed by atoms with Crippen molar-refractivity contribution in [3.05, 3.63) is 89.5 Å². The molecule has 5 rings (SSSR count). The molecule has 1 aromatic heterocycles. The van der Waals surface area contributed by atoms with E-state index < -0.39 is 0 Å². The van der Waals surface area contributed by atoms with Crippen LogP contribution in [0.5, 0.6) is 17.4 Å². The summed E-state index contributed by atoms with van der Waals surface area (Å²) in [4.78, 5) is 12.0. The van der Waals surface area contributed by atoms with E-state index >= 15 is 0 Å². The Morgan fingerprint density at radius 2 is 1.68 bits per heavy atom. The van der Waals surface area contributed by atoms with Gasteiger partial charge in [0.05, 0.1) is 6.04 Å². The highest BCUT2D eigenvalue weighted by Gasteiger charge is 2.30. The van der Waals surface area contributed by atoms with Crippen molar-refractivity contribution in [1.29, 1.82) is 0 Å². The Morgan fingerprint density at radius 1 is 0.941 bits per heavy atom. The van der Waals surface area contributed by atoms with Crippen molar-refractivity contribution in [3.63, 3.8) is 0 Å². The van der Waals surface area contributed by atoms with Crippen molar-refractivity contribution in [2.45, 2.75) is 33.7 Å². The molecule has 5 nitrogen and oxygen atoms in total. The maximum Gasteiger partial charge on any atom is 0.219 e. The number of pyridine rings is 1. The van der Waals surface area contributed by atoms with Crippen LogP contribution in [0.4, 0.5) is 5.69 Å². The van der Waals surface area contributed by atoms with E-state index in [0.717, 1.165) is 23.3 Å². The second-order valence-corrected chi connectivity index (χ2v) is 9.24. The number of aliphatic imine (C=N–C) groups is 1. The number of nitrogens with zero attached hydrogens (tertiary/aromatic N) is 3. The van der Waals surface area contributed by atoms with Gasteiger partial charge in [-0.3, -0.25) is 4.99 Å². The molecule has 1 atom stereocenters. The third-order valence-electron chi connectivity index (χ3n) is 6.38. The quantitative estimate of drug-likeness (QED) is 0.369. The molecule has 1 aliphatic rings. The van der Waals surface area contributed by atoms with Gasteiger partial charge in [-0.25, -0.2) is 4.98 Å². The number of fused-ring (bicyclic) bond motifs is 1. The van der Waals surface area contributed by atoms with E-state index in [1.165, 1.54) is 16.8 Å². The van der Waals surface area contributed by atoms with Gasteiger partial charge in [0.15, 0.2) is 0 Å². The summed E-state index contributed by atoms with van der Waals surface area (Å²) in [7, 11) is 0. The second-order valence-electron chi connectivity index (χ2n) is 9.24. The summed E-state index contributed by atoms with van der Waals surface area (Å²) in [6, 6.07) is 23.7. The monoisotopic (exact) mass is 451 g/mol. The number of anilines is 1. The number of para-hydroxylation sites is 2. The highest BCUT2D eigenvalue weighted by atomic mass is 16.5. The van der Waals surface area contributed by atoms with Crippen LogP contribution < -0.4 is 9.64 Å². The normalized spacial score (nSPS) is 15.7. The molecule has 0 amide bonds. The first-order valence-electron chi connectivity index (χ1n) is 11.7. The van der Waals surface area contributed by atoms with Gasteiger partial charge in [-0.15, -0.1) is 0 Å². The maximum absolute atomic E-state index is 10.2. The second kappa shape index (κ2) is 8.82. The Kier molecular flexibility index (Phi) is 5.70. The maximum atomic E-state index is 10.2. The van der Waals surface area contributed by atoms with Gasteiger partial charge in [-0.05, 0) is 55.2 Å². The number of phenolic OH excluding ortho intramolecular Hbond substituents is 1. The van der Waals surface area contributed by atoms with Crippen molar-refractivity contribution in [2.75, 3.05) is 11.4 Å². The molecule has 0 saturated heterocycles. The molecule has 0 bridgehead atoms. The number of aromatic nitrogens is 1. The summed E-state index contributed by atoms with van der Waals surface area (Å²) in [5.41, 5.74) is 5.24. The molecular weight excluding hydrogens is 422 g/mol. The lowest BCUT2D eigenvalue weighted by Crippen LogP contribution is -2.32. The fourth-order valence-electron chi connectivity index (χ4n) is 4.55. The van der Waals surface area contributed by atoms with Gasteiger partial charge in [0.2, 0.25) is 5.88 Å². The summed E-state index contributed by atoms with van der Waals surface area (Å²) >= 11 is 0. The molecule has 4 aromatic rings. The number of amidine groups is 1. The van der Waals surface area contributed by atoms with Crippen molar-refractivity contribution < 1.29 is 9.84 Å². The summed E-state index contributed by atoms with van der Waals surface area (Å²) in [6.45, 7) is 9.61. The van der Waals surface area contributed by atoms with E-state index in [9.17, 15) is 5.11 Å². The van der Waals surface area contributed by atoms with Crippen LogP contribution in [0.25, 0.3) is 10.9 Å². The zero-order chi connectivity index (χ0) is 23.8. The molecule has 1 aliphatic heterocycles. The van der Waals surface area contributed by atoms with E-state index in [0.29, 0.717) is 23.1 Å². The number of rotatable bonds is 5. The first-order valence-corrected chi connectivity index (χ1v) is 11.7. The largest absolute Gasteiger partial charge is 0.506 e. The van der Waals surface area contributed by atoms with E-state index in [2.05, 4.69) is 61.8 Å². The van der Waals surface area contributed by atoms with Gasteiger partial charge in [0.25, 0.3) is 0 Å². The summed E-state index contributed by atoms with van der Waals surface area (Å²) in [6.07, 6.45) is 0. The van der Waals surface area contributed by atoms with Gasteiger partial charge in [-0.2, -0.15) is 0 Å². The molecule has 0 fully saturated rings. The van der Waals surface area contributed by atoms with Crippen LogP contribution in [0.15, 0.2) is 77.8 Å². The number of benzene rings is 3. The molecular formula is C29H29N3O2. The smallest absolute Gasteiger partial charge is 0.219 e. The lowest BCUT2D eigenvalue weighted by Gasteiger charge is -2.26. The average Bonchev–Trinajstić information content (AvgIpc) is 3.25. The number of aryl methyl sites for hydroxylation is 2. The molecule has 0 radical (unpaired) electrons.